The van der Waals surface area contributed by atoms with Crippen LogP contribution in [0.2, 0.25) is 0 Å². The quantitative estimate of drug-likeness (QED) is 0.846. The van der Waals surface area contributed by atoms with Gasteiger partial charge < -0.3 is 9.64 Å². The summed E-state index contributed by atoms with van der Waals surface area (Å²) in [4.78, 5) is 30.5. The molecule has 0 spiro atoms. The number of hydrogen-bond acceptors (Lipinski definition) is 4. The summed E-state index contributed by atoms with van der Waals surface area (Å²) in [6, 6.07) is 7.29. The zero-order valence-corrected chi connectivity index (χ0v) is 12.4. The van der Waals surface area contributed by atoms with E-state index in [0.717, 1.165) is 0 Å². The maximum absolute atomic E-state index is 12.3. The monoisotopic (exact) mass is 301 g/mol. The molecular formula is C16H19N3O3. The molecule has 0 atom stereocenters. The van der Waals surface area contributed by atoms with Gasteiger partial charge in [-0.1, -0.05) is 12.1 Å². The van der Waals surface area contributed by atoms with E-state index in [0.29, 0.717) is 56.6 Å². The molecule has 1 saturated heterocycles. The van der Waals surface area contributed by atoms with Crippen molar-refractivity contribution in [3.63, 3.8) is 0 Å². The number of aryl methyl sites for hydroxylation is 1. The Morgan fingerprint density at radius 3 is 2.82 bits per heavy atom. The molecular weight excluding hydrogens is 282 g/mol. The zero-order chi connectivity index (χ0) is 15.4. The number of nitrogens with zero attached hydrogens (tertiary/aromatic N) is 3. The molecule has 0 bridgehead atoms. The Balaban J connectivity index is 1.61. The molecule has 116 valence electrons. The number of hydrogen-bond donors (Lipinski definition) is 0. The number of benzene rings is 1. The van der Waals surface area contributed by atoms with Crippen LogP contribution in [0, 0.1) is 0 Å². The third-order valence-corrected chi connectivity index (χ3v) is 3.88. The fourth-order valence-electron chi connectivity index (χ4n) is 2.64. The highest BCUT2D eigenvalue weighted by atomic mass is 16.5. The summed E-state index contributed by atoms with van der Waals surface area (Å²) in [6.45, 7) is 3.05. The maximum atomic E-state index is 12.3. The standard InChI is InChI=1S/C16H19N3O3/c20-15(18-8-10-22-11-9-18)6-3-7-19-12-17-14-5-2-1-4-13(14)16(19)21/h1-2,4-5,12H,3,6-11H2. The average Bonchev–Trinajstić information content (AvgIpc) is 2.58. The summed E-state index contributed by atoms with van der Waals surface area (Å²) in [7, 11) is 0. The van der Waals surface area contributed by atoms with E-state index in [-0.39, 0.29) is 11.5 Å². The van der Waals surface area contributed by atoms with Gasteiger partial charge in [-0.15, -0.1) is 0 Å². The van der Waals surface area contributed by atoms with Crippen LogP contribution in [0.5, 0.6) is 0 Å². The number of rotatable bonds is 4. The van der Waals surface area contributed by atoms with Gasteiger partial charge in [0.25, 0.3) is 5.56 Å². The van der Waals surface area contributed by atoms with Crippen LogP contribution in [-0.2, 0) is 16.1 Å². The van der Waals surface area contributed by atoms with Crippen LogP contribution in [0.1, 0.15) is 12.8 Å². The molecule has 1 aliphatic rings. The van der Waals surface area contributed by atoms with Gasteiger partial charge in [0.1, 0.15) is 0 Å². The number of morpholine rings is 1. The Hall–Kier alpha value is -2.21. The lowest BCUT2D eigenvalue weighted by Crippen LogP contribution is -2.40. The number of fused-ring (bicyclic) bond motifs is 1. The molecule has 3 rings (SSSR count). The summed E-state index contributed by atoms with van der Waals surface area (Å²) >= 11 is 0. The minimum Gasteiger partial charge on any atom is -0.378 e. The number of amides is 1. The molecule has 1 fully saturated rings. The van der Waals surface area contributed by atoms with Gasteiger partial charge in [-0.2, -0.15) is 0 Å². The van der Waals surface area contributed by atoms with E-state index >= 15 is 0 Å². The number of ether oxygens (including phenoxy) is 1. The van der Waals surface area contributed by atoms with E-state index in [1.54, 1.807) is 17.0 Å². The van der Waals surface area contributed by atoms with Gasteiger partial charge in [0.15, 0.2) is 0 Å². The Morgan fingerprint density at radius 2 is 2.00 bits per heavy atom. The molecule has 2 aromatic rings. The van der Waals surface area contributed by atoms with Crippen LogP contribution < -0.4 is 5.56 Å². The van der Waals surface area contributed by atoms with Gasteiger partial charge in [0.05, 0.1) is 30.4 Å². The van der Waals surface area contributed by atoms with Crippen molar-refractivity contribution in [3.05, 3.63) is 40.9 Å². The molecule has 1 aromatic heterocycles. The first kappa shape index (κ1) is 14.7. The normalized spacial score (nSPS) is 15.2. The number of carbonyl (C=O) groups is 1. The highest BCUT2D eigenvalue weighted by Gasteiger charge is 2.16. The van der Waals surface area contributed by atoms with Gasteiger partial charge in [-0.3, -0.25) is 14.2 Å². The molecule has 2 heterocycles. The molecule has 1 amide bonds. The third-order valence-electron chi connectivity index (χ3n) is 3.88. The van der Waals surface area contributed by atoms with Gasteiger partial charge in [-0.25, -0.2) is 4.98 Å². The van der Waals surface area contributed by atoms with Crippen molar-refractivity contribution in [3.8, 4) is 0 Å². The van der Waals surface area contributed by atoms with Crippen molar-refractivity contribution < 1.29 is 9.53 Å². The lowest BCUT2D eigenvalue weighted by atomic mass is 10.2. The number of aromatic nitrogens is 2. The van der Waals surface area contributed by atoms with E-state index in [9.17, 15) is 9.59 Å². The SMILES string of the molecule is O=C(CCCn1cnc2ccccc2c1=O)N1CCOCC1. The van der Waals surface area contributed by atoms with Crippen molar-refractivity contribution in [1.29, 1.82) is 0 Å². The number of carbonyl (C=O) groups excluding carboxylic acids is 1. The van der Waals surface area contributed by atoms with Crippen LogP contribution in [0.15, 0.2) is 35.4 Å². The van der Waals surface area contributed by atoms with E-state index < -0.39 is 0 Å². The number of para-hydroxylation sites is 1. The van der Waals surface area contributed by atoms with E-state index in [4.69, 9.17) is 4.74 Å². The molecule has 6 heteroatoms. The lowest BCUT2D eigenvalue weighted by molar-refractivity contribution is -0.135. The summed E-state index contributed by atoms with van der Waals surface area (Å²) in [5.74, 6) is 0.130. The molecule has 0 radical (unpaired) electrons. The van der Waals surface area contributed by atoms with Crippen LogP contribution in [0.3, 0.4) is 0 Å². The van der Waals surface area contributed by atoms with Crippen LogP contribution >= 0.6 is 0 Å². The fraction of sp³-hybridized carbons (Fsp3) is 0.438. The topological polar surface area (TPSA) is 64.4 Å². The van der Waals surface area contributed by atoms with Crippen molar-refractivity contribution >= 4 is 16.8 Å². The summed E-state index contributed by atoms with van der Waals surface area (Å²) in [5, 5.41) is 0.615. The summed E-state index contributed by atoms with van der Waals surface area (Å²) in [5.41, 5.74) is 0.651. The van der Waals surface area contributed by atoms with Crippen LogP contribution in [-0.4, -0.2) is 46.7 Å². The molecule has 6 nitrogen and oxygen atoms in total. The van der Waals surface area contributed by atoms with Crippen molar-refractivity contribution in [2.24, 2.45) is 0 Å². The first-order valence-corrected chi connectivity index (χ1v) is 7.55. The van der Waals surface area contributed by atoms with Gasteiger partial charge in [0.2, 0.25) is 5.91 Å². The predicted octanol–water partition coefficient (Wildman–Crippen LogP) is 1.04. The molecule has 0 unspecified atom stereocenters. The third kappa shape index (κ3) is 3.17. The second-order valence-electron chi connectivity index (χ2n) is 5.36. The van der Waals surface area contributed by atoms with Crippen LogP contribution in [0.4, 0.5) is 0 Å². The van der Waals surface area contributed by atoms with E-state index in [2.05, 4.69) is 4.98 Å². The minimum atomic E-state index is -0.0515. The summed E-state index contributed by atoms with van der Waals surface area (Å²) < 4.78 is 6.81. The Labute approximate surface area is 128 Å². The second-order valence-corrected chi connectivity index (χ2v) is 5.36. The highest BCUT2D eigenvalue weighted by Crippen LogP contribution is 2.06. The lowest BCUT2D eigenvalue weighted by Gasteiger charge is -2.26. The molecule has 1 aliphatic heterocycles. The second kappa shape index (κ2) is 6.70. The van der Waals surface area contributed by atoms with Crippen LogP contribution in [0.25, 0.3) is 10.9 Å². The maximum Gasteiger partial charge on any atom is 0.261 e. The predicted molar refractivity (Wildman–Crippen MR) is 82.6 cm³/mol. The van der Waals surface area contributed by atoms with Crippen molar-refractivity contribution in [2.45, 2.75) is 19.4 Å². The summed E-state index contributed by atoms with van der Waals surface area (Å²) in [6.07, 6.45) is 2.64. The fourth-order valence-corrected chi connectivity index (χ4v) is 2.64. The zero-order valence-electron chi connectivity index (χ0n) is 12.4. The first-order chi connectivity index (χ1) is 10.8. The van der Waals surface area contributed by atoms with E-state index in [1.807, 2.05) is 23.1 Å². The average molecular weight is 301 g/mol. The van der Waals surface area contributed by atoms with Crippen molar-refractivity contribution in [1.82, 2.24) is 14.5 Å². The van der Waals surface area contributed by atoms with Crippen molar-refractivity contribution in [2.75, 3.05) is 26.3 Å². The largest absolute Gasteiger partial charge is 0.378 e. The highest BCUT2D eigenvalue weighted by molar-refractivity contribution is 5.77. The molecule has 22 heavy (non-hydrogen) atoms. The molecule has 0 saturated carbocycles. The Bertz CT molecular complexity index is 720. The van der Waals surface area contributed by atoms with E-state index in [1.165, 1.54) is 0 Å². The Kier molecular flexibility index (Phi) is 4.48. The molecule has 1 aromatic carbocycles. The van der Waals surface area contributed by atoms with Gasteiger partial charge in [0, 0.05) is 26.1 Å². The van der Waals surface area contributed by atoms with Gasteiger partial charge >= 0.3 is 0 Å². The smallest absolute Gasteiger partial charge is 0.261 e. The molecule has 0 aliphatic carbocycles. The Morgan fingerprint density at radius 1 is 1.23 bits per heavy atom. The molecule has 0 N–H and O–H groups in total. The first-order valence-electron chi connectivity index (χ1n) is 7.55. The van der Waals surface area contributed by atoms with Gasteiger partial charge in [-0.05, 0) is 18.6 Å². The minimum absolute atomic E-state index is 0.0515.